The van der Waals surface area contributed by atoms with Gasteiger partial charge in [-0.15, -0.1) is 0 Å². The van der Waals surface area contributed by atoms with Crippen LogP contribution in [0.1, 0.15) is 88.2 Å². The minimum Gasteiger partial charge on any atom is -0.494 e. The maximum Gasteiger partial charge on any atom is 0.159 e. The number of carbonyl (C=O) groups excluding carboxylic acids is 2. The van der Waals surface area contributed by atoms with Crippen LogP contribution in [0.5, 0.6) is 11.5 Å². The van der Waals surface area contributed by atoms with E-state index in [-0.39, 0.29) is 11.6 Å². The Morgan fingerprint density at radius 1 is 0.618 bits per heavy atom. The third kappa shape index (κ3) is 3.76. The van der Waals surface area contributed by atoms with Gasteiger partial charge < -0.3 is 9.47 Å². The fourth-order valence-corrected chi connectivity index (χ4v) is 6.86. The summed E-state index contributed by atoms with van der Waals surface area (Å²) < 4.78 is 11.1. The molecule has 3 fully saturated rings. The van der Waals surface area contributed by atoms with E-state index in [1.807, 2.05) is 38.1 Å². The van der Waals surface area contributed by atoms with Crippen LogP contribution < -0.4 is 9.47 Å². The topological polar surface area (TPSA) is 52.6 Å². The van der Waals surface area contributed by atoms with Gasteiger partial charge in [-0.2, -0.15) is 0 Å². The number of hydrogen-bond acceptors (Lipinski definition) is 4. The van der Waals surface area contributed by atoms with E-state index >= 15 is 0 Å². The lowest BCUT2D eigenvalue weighted by Gasteiger charge is -2.57. The van der Waals surface area contributed by atoms with Crippen LogP contribution >= 0.6 is 0 Å². The fourth-order valence-electron chi connectivity index (χ4n) is 6.86. The lowest BCUT2D eigenvalue weighted by molar-refractivity contribution is -0.177. The van der Waals surface area contributed by atoms with Gasteiger partial charge >= 0.3 is 0 Å². The van der Waals surface area contributed by atoms with Crippen molar-refractivity contribution in [3.8, 4) is 11.5 Å². The molecule has 3 saturated carbocycles. The molecule has 0 aliphatic heterocycles. The van der Waals surface area contributed by atoms with Gasteiger partial charge in [0, 0.05) is 0 Å². The van der Waals surface area contributed by atoms with Crippen LogP contribution in [0.3, 0.4) is 0 Å². The average molecular weight is 461 g/mol. The lowest BCUT2D eigenvalue weighted by atomic mass is 9.42. The average Bonchev–Trinajstić information content (AvgIpc) is 2.89. The maximum atomic E-state index is 13.6. The molecule has 180 valence electrons. The molecule has 0 aromatic heterocycles. The van der Waals surface area contributed by atoms with E-state index in [1.54, 1.807) is 0 Å². The van der Waals surface area contributed by atoms with Gasteiger partial charge in [-0.05, 0) is 112 Å². The smallest absolute Gasteiger partial charge is 0.159 e. The van der Waals surface area contributed by atoms with Crippen molar-refractivity contribution < 1.29 is 19.1 Å². The highest BCUT2D eigenvalue weighted by molar-refractivity contribution is 6.30. The number of rotatable bonds is 6. The molecule has 0 bridgehead atoms. The Labute approximate surface area is 203 Å². The summed E-state index contributed by atoms with van der Waals surface area (Å²) in [6, 6.07) is 16.7. The van der Waals surface area contributed by atoms with Crippen LogP contribution in [0, 0.1) is 10.8 Å². The Hall–Kier alpha value is -2.62. The fraction of sp³-hybridized carbons (Fsp3) is 0.533. The molecule has 3 aliphatic carbocycles. The molecule has 0 atom stereocenters. The van der Waals surface area contributed by atoms with E-state index in [4.69, 9.17) is 9.47 Å². The van der Waals surface area contributed by atoms with Gasteiger partial charge in [-0.25, -0.2) is 0 Å². The first-order chi connectivity index (χ1) is 16.5. The molecule has 0 unspecified atom stereocenters. The first-order valence-corrected chi connectivity index (χ1v) is 13.1. The summed E-state index contributed by atoms with van der Waals surface area (Å²) in [4.78, 5) is 27.2. The molecule has 0 radical (unpaired) electrons. The Balaban J connectivity index is 1.19. The van der Waals surface area contributed by atoms with E-state index < -0.39 is 10.8 Å². The predicted molar refractivity (Wildman–Crippen MR) is 133 cm³/mol. The second-order valence-corrected chi connectivity index (χ2v) is 10.4. The highest BCUT2D eigenvalue weighted by Gasteiger charge is 2.70. The first kappa shape index (κ1) is 23.1. The molecule has 0 N–H and O–H groups in total. The van der Waals surface area contributed by atoms with Crippen LogP contribution in [0.25, 0.3) is 0 Å². The molecule has 34 heavy (non-hydrogen) atoms. The number of hydrogen-bond donors (Lipinski definition) is 0. The third-order valence-corrected chi connectivity index (χ3v) is 8.74. The van der Waals surface area contributed by atoms with Crippen LogP contribution in [0.4, 0.5) is 0 Å². The third-order valence-electron chi connectivity index (χ3n) is 8.74. The standard InChI is InChI=1S/C30H36O4/c1-3-33-25-9-5-21(6-10-25)23-13-17-29(18-14-23)27(31)30(28(29)32)19-15-24(16-20-30)22-7-11-26(12-8-22)34-4-2/h5-12,23-24H,3-4,13-20H2,1-2H3. The first-order valence-electron chi connectivity index (χ1n) is 13.1. The van der Waals surface area contributed by atoms with Crippen molar-refractivity contribution in [2.45, 2.75) is 77.0 Å². The predicted octanol–water partition coefficient (Wildman–Crippen LogP) is 6.62. The van der Waals surface area contributed by atoms with Crippen molar-refractivity contribution in [2.24, 2.45) is 10.8 Å². The van der Waals surface area contributed by atoms with Gasteiger partial charge in [-0.3, -0.25) is 9.59 Å². The number of Topliss-reactive ketones (excluding diaryl/α,β-unsaturated/α-hetero) is 2. The molecule has 5 rings (SSSR count). The van der Waals surface area contributed by atoms with Crippen LogP contribution in [0.2, 0.25) is 0 Å². The summed E-state index contributed by atoms with van der Waals surface area (Å²) in [7, 11) is 0. The number of ketones is 2. The lowest BCUT2D eigenvalue weighted by Crippen LogP contribution is -2.68. The van der Waals surface area contributed by atoms with Crippen molar-refractivity contribution in [1.82, 2.24) is 0 Å². The molecular formula is C30H36O4. The van der Waals surface area contributed by atoms with Crippen molar-refractivity contribution in [1.29, 1.82) is 0 Å². The molecule has 2 aromatic carbocycles. The largest absolute Gasteiger partial charge is 0.494 e. The van der Waals surface area contributed by atoms with Gasteiger partial charge in [0.25, 0.3) is 0 Å². The van der Waals surface area contributed by atoms with E-state index in [2.05, 4.69) is 24.3 Å². The maximum absolute atomic E-state index is 13.6. The monoisotopic (exact) mass is 460 g/mol. The SMILES string of the molecule is CCOc1ccc(C2CCC3(CC2)C(=O)C2(CCC(c4ccc(OCC)cc4)CC2)C3=O)cc1. The quantitative estimate of drug-likeness (QED) is 0.454. The molecule has 0 saturated heterocycles. The Kier molecular flexibility index (Phi) is 6.26. The van der Waals surface area contributed by atoms with Crippen LogP contribution in [-0.4, -0.2) is 24.8 Å². The van der Waals surface area contributed by atoms with Crippen molar-refractivity contribution in [2.75, 3.05) is 13.2 Å². The zero-order valence-electron chi connectivity index (χ0n) is 20.5. The molecule has 3 aliphatic rings. The van der Waals surface area contributed by atoms with Gasteiger partial charge in [0.1, 0.15) is 11.5 Å². The van der Waals surface area contributed by atoms with Crippen molar-refractivity contribution in [3.63, 3.8) is 0 Å². The number of carbonyl (C=O) groups is 2. The van der Waals surface area contributed by atoms with Crippen molar-refractivity contribution >= 4 is 11.6 Å². The second kappa shape index (κ2) is 9.20. The van der Waals surface area contributed by atoms with Gasteiger partial charge in [0.2, 0.25) is 0 Å². The summed E-state index contributed by atoms with van der Waals surface area (Å²) in [5, 5.41) is 0. The van der Waals surface area contributed by atoms with Gasteiger partial charge in [-0.1, -0.05) is 24.3 Å². The molecule has 4 nitrogen and oxygen atoms in total. The molecular weight excluding hydrogens is 424 g/mol. The highest BCUT2D eigenvalue weighted by Crippen LogP contribution is 2.62. The van der Waals surface area contributed by atoms with Gasteiger partial charge in [0.15, 0.2) is 11.6 Å². The van der Waals surface area contributed by atoms with E-state index in [9.17, 15) is 9.59 Å². The highest BCUT2D eigenvalue weighted by atomic mass is 16.5. The van der Waals surface area contributed by atoms with E-state index in [1.165, 1.54) is 11.1 Å². The number of benzene rings is 2. The van der Waals surface area contributed by atoms with Crippen LogP contribution in [0.15, 0.2) is 48.5 Å². The zero-order valence-corrected chi connectivity index (χ0v) is 20.5. The Morgan fingerprint density at radius 3 is 1.24 bits per heavy atom. The summed E-state index contributed by atoms with van der Waals surface area (Å²) in [6.45, 7) is 5.30. The summed E-state index contributed by atoms with van der Waals surface area (Å²) >= 11 is 0. The summed E-state index contributed by atoms with van der Waals surface area (Å²) in [6.07, 6.45) is 6.51. The molecule has 2 spiro atoms. The normalized spacial score (nSPS) is 30.9. The number of ether oxygens (including phenoxy) is 2. The Bertz CT molecular complexity index is 919. The summed E-state index contributed by atoms with van der Waals surface area (Å²) in [5.41, 5.74) is 1.22. The van der Waals surface area contributed by atoms with Crippen LogP contribution in [-0.2, 0) is 9.59 Å². The van der Waals surface area contributed by atoms with E-state index in [0.29, 0.717) is 50.7 Å². The minimum absolute atomic E-state index is 0.264. The second-order valence-electron chi connectivity index (χ2n) is 10.4. The molecule has 2 aromatic rings. The summed E-state index contributed by atoms with van der Waals surface area (Å²) in [5.74, 6) is 3.17. The van der Waals surface area contributed by atoms with Crippen molar-refractivity contribution in [3.05, 3.63) is 59.7 Å². The molecule has 0 amide bonds. The molecule has 4 heteroatoms. The van der Waals surface area contributed by atoms with E-state index in [0.717, 1.165) is 37.2 Å². The van der Waals surface area contributed by atoms with Gasteiger partial charge in [0.05, 0.1) is 24.0 Å². The Morgan fingerprint density at radius 2 is 0.941 bits per heavy atom. The minimum atomic E-state index is -0.687. The zero-order chi connectivity index (χ0) is 23.8. The molecule has 0 heterocycles.